The van der Waals surface area contributed by atoms with Gasteiger partial charge in [0.05, 0.1) is 0 Å². The summed E-state index contributed by atoms with van der Waals surface area (Å²) in [6.45, 7) is 1.85. The first kappa shape index (κ1) is 8.76. The third-order valence-corrected chi connectivity index (χ3v) is 2.52. The van der Waals surface area contributed by atoms with E-state index in [1.807, 2.05) is 7.05 Å². The number of rotatable bonds is 0. The SMILES string of the molecule is [B]c1cc2c(cc1F)CN(C)CC2. The second kappa shape index (κ2) is 3.15. The molecule has 0 atom stereocenters. The Bertz CT molecular complexity index is 338. The molecule has 0 bridgehead atoms. The van der Waals surface area contributed by atoms with Crippen molar-refractivity contribution in [1.82, 2.24) is 4.90 Å². The van der Waals surface area contributed by atoms with Crippen molar-refractivity contribution in [3.63, 3.8) is 0 Å². The molecule has 1 heterocycles. The van der Waals surface area contributed by atoms with Gasteiger partial charge in [-0.05, 0) is 30.7 Å². The molecule has 0 N–H and O–H groups in total. The van der Waals surface area contributed by atoms with E-state index in [1.165, 1.54) is 5.56 Å². The fraction of sp³-hybridized carbons (Fsp3) is 0.400. The first-order valence-corrected chi connectivity index (χ1v) is 4.42. The zero-order chi connectivity index (χ0) is 9.42. The summed E-state index contributed by atoms with van der Waals surface area (Å²) in [6.07, 6.45) is 0.969. The van der Waals surface area contributed by atoms with Gasteiger partial charge in [0.15, 0.2) is 0 Å². The molecule has 0 aliphatic carbocycles. The van der Waals surface area contributed by atoms with Crippen LogP contribution in [0.3, 0.4) is 0 Å². The standard InChI is InChI=1S/C10H11BFN/c1-13-3-2-7-4-9(11)10(12)5-8(7)6-13/h4-5H,2-3,6H2,1H3. The molecule has 3 heteroatoms. The van der Waals surface area contributed by atoms with Crippen molar-refractivity contribution in [1.29, 1.82) is 0 Å². The van der Waals surface area contributed by atoms with E-state index in [0.29, 0.717) is 0 Å². The quantitative estimate of drug-likeness (QED) is 0.522. The Labute approximate surface area is 79.0 Å². The molecule has 1 aromatic rings. The second-order valence-corrected chi connectivity index (χ2v) is 3.63. The fourth-order valence-corrected chi connectivity index (χ4v) is 1.74. The number of fused-ring (bicyclic) bond motifs is 1. The van der Waals surface area contributed by atoms with E-state index in [2.05, 4.69) is 4.90 Å². The van der Waals surface area contributed by atoms with Crippen LogP contribution in [0.2, 0.25) is 0 Å². The topological polar surface area (TPSA) is 3.24 Å². The Kier molecular flexibility index (Phi) is 2.12. The van der Waals surface area contributed by atoms with Crippen LogP contribution >= 0.6 is 0 Å². The molecular formula is C10H11BFN. The smallest absolute Gasteiger partial charge is 0.117 e. The number of halogens is 1. The summed E-state index contributed by atoms with van der Waals surface area (Å²) in [5.41, 5.74) is 2.53. The van der Waals surface area contributed by atoms with Crippen LogP contribution in [0.15, 0.2) is 12.1 Å². The molecule has 66 valence electrons. The van der Waals surface area contributed by atoms with E-state index in [0.717, 1.165) is 25.1 Å². The van der Waals surface area contributed by atoms with Gasteiger partial charge in [-0.2, -0.15) is 0 Å². The van der Waals surface area contributed by atoms with Crippen LogP contribution in [-0.2, 0) is 13.0 Å². The number of nitrogens with zero attached hydrogens (tertiary/aromatic N) is 1. The molecule has 0 spiro atoms. The number of hydrogen-bond donors (Lipinski definition) is 0. The highest BCUT2D eigenvalue weighted by atomic mass is 19.1. The minimum absolute atomic E-state index is 0.267. The monoisotopic (exact) mass is 175 g/mol. The summed E-state index contributed by atoms with van der Waals surface area (Å²) in [5, 5.41) is 0. The van der Waals surface area contributed by atoms with Crippen molar-refractivity contribution < 1.29 is 4.39 Å². The minimum atomic E-state index is -0.297. The van der Waals surface area contributed by atoms with Crippen LogP contribution in [0.1, 0.15) is 11.1 Å². The lowest BCUT2D eigenvalue weighted by Crippen LogP contribution is -2.28. The van der Waals surface area contributed by atoms with Gasteiger partial charge in [0.2, 0.25) is 0 Å². The van der Waals surface area contributed by atoms with E-state index in [-0.39, 0.29) is 11.3 Å². The third kappa shape index (κ3) is 1.61. The van der Waals surface area contributed by atoms with Gasteiger partial charge in [-0.1, -0.05) is 11.5 Å². The third-order valence-electron chi connectivity index (χ3n) is 2.52. The van der Waals surface area contributed by atoms with Crippen molar-refractivity contribution in [3.8, 4) is 0 Å². The molecule has 0 saturated carbocycles. The lowest BCUT2D eigenvalue weighted by Gasteiger charge is -2.25. The van der Waals surface area contributed by atoms with Crippen LogP contribution in [0.5, 0.6) is 0 Å². The summed E-state index contributed by atoms with van der Waals surface area (Å²) in [4.78, 5) is 2.18. The molecule has 0 fully saturated rings. The molecule has 0 aromatic heterocycles. The van der Waals surface area contributed by atoms with Crippen LogP contribution in [0.4, 0.5) is 4.39 Å². The zero-order valence-corrected chi connectivity index (χ0v) is 7.68. The highest BCUT2D eigenvalue weighted by molar-refractivity contribution is 6.32. The maximum atomic E-state index is 13.1. The molecule has 2 radical (unpaired) electrons. The largest absolute Gasteiger partial charge is 0.302 e. The highest BCUT2D eigenvalue weighted by Gasteiger charge is 2.14. The minimum Gasteiger partial charge on any atom is -0.302 e. The van der Waals surface area contributed by atoms with Gasteiger partial charge in [0, 0.05) is 13.1 Å². The first-order valence-electron chi connectivity index (χ1n) is 4.42. The average molecular weight is 175 g/mol. The van der Waals surface area contributed by atoms with E-state index >= 15 is 0 Å². The highest BCUT2D eigenvalue weighted by Crippen LogP contribution is 2.17. The maximum Gasteiger partial charge on any atom is 0.117 e. The fourth-order valence-electron chi connectivity index (χ4n) is 1.74. The number of hydrogen-bond acceptors (Lipinski definition) is 1. The zero-order valence-electron chi connectivity index (χ0n) is 7.68. The molecule has 0 amide bonds. The van der Waals surface area contributed by atoms with E-state index in [4.69, 9.17) is 7.85 Å². The van der Waals surface area contributed by atoms with E-state index < -0.39 is 0 Å². The summed E-state index contributed by atoms with van der Waals surface area (Å²) in [6, 6.07) is 3.32. The summed E-state index contributed by atoms with van der Waals surface area (Å²) in [5.74, 6) is -0.297. The second-order valence-electron chi connectivity index (χ2n) is 3.63. The van der Waals surface area contributed by atoms with E-state index in [9.17, 15) is 4.39 Å². The molecule has 0 saturated heterocycles. The summed E-state index contributed by atoms with van der Waals surface area (Å²) in [7, 11) is 7.53. The molecular weight excluding hydrogens is 164 g/mol. The van der Waals surface area contributed by atoms with Gasteiger partial charge in [-0.15, -0.1) is 0 Å². The predicted octanol–water partition coefficient (Wildman–Crippen LogP) is 0.607. The molecule has 1 aliphatic rings. The van der Waals surface area contributed by atoms with Crippen LogP contribution in [-0.4, -0.2) is 26.3 Å². The normalized spacial score (nSPS) is 17.1. The molecule has 2 rings (SSSR count). The van der Waals surface area contributed by atoms with Crippen LogP contribution in [0, 0.1) is 5.82 Å². The van der Waals surface area contributed by atoms with E-state index in [1.54, 1.807) is 12.1 Å². The lowest BCUT2D eigenvalue weighted by atomic mass is 9.89. The number of likely N-dealkylation sites (N-methyl/N-ethyl adjacent to an activating group) is 1. The van der Waals surface area contributed by atoms with Crippen molar-refractivity contribution in [3.05, 3.63) is 29.1 Å². The lowest BCUT2D eigenvalue weighted by molar-refractivity contribution is 0.312. The van der Waals surface area contributed by atoms with Gasteiger partial charge in [0.1, 0.15) is 13.7 Å². The van der Waals surface area contributed by atoms with Gasteiger partial charge in [-0.25, -0.2) is 4.39 Å². The predicted molar refractivity (Wildman–Crippen MR) is 51.8 cm³/mol. The Morgan fingerprint density at radius 2 is 2.15 bits per heavy atom. The van der Waals surface area contributed by atoms with Crippen molar-refractivity contribution in [2.24, 2.45) is 0 Å². The molecule has 13 heavy (non-hydrogen) atoms. The maximum absolute atomic E-state index is 13.1. The number of benzene rings is 1. The van der Waals surface area contributed by atoms with Gasteiger partial charge in [-0.3, -0.25) is 0 Å². The van der Waals surface area contributed by atoms with Gasteiger partial charge < -0.3 is 4.90 Å². The Morgan fingerprint density at radius 1 is 1.38 bits per heavy atom. The molecule has 0 unspecified atom stereocenters. The van der Waals surface area contributed by atoms with Crippen molar-refractivity contribution in [2.45, 2.75) is 13.0 Å². The molecule has 1 aromatic carbocycles. The van der Waals surface area contributed by atoms with Crippen LogP contribution < -0.4 is 5.46 Å². The summed E-state index contributed by atoms with van der Waals surface area (Å²) < 4.78 is 13.1. The molecule has 1 aliphatic heterocycles. The average Bonchev–Trinajstić information content (AvgIpc) is 2.08. The van der Waals surface area contributed by atoms with Gasteiger partial charge >= 0.3 is 0 Å². The van der Waals surface area contributed by atoms with Crippen molar-refractivity contribution in [2.75, 3.05) is 13.6 Å². The Morgan fingerprint density at radius 3 is 2.92 bits per heavy atom. The Balaban J connectivity index is 2.43. The van der Waals surface area contributed by atoms with Crippen LogP contribution in [0.25, 0.3) is 0 Å². The van der Waals surface area contributed by atoms with Gasteiger partial charge in [0.25, 0.3) is 0 Å². The Hall–Kier alpha value is -0.825. The summed E-state index contributed by atoms with van der Waals surface area (Å²) >= 11 is 0. The molecule has 1 nitrogen and oxygen atoms in total. The first-order chi connectivity index (χ1) is 6.16. The van der Waals surface area contributed by atoms with Crippen molar-refractivity contribution >= 4 is 13.3 Å².